The van der Waals surface area contributed by atoms with Gasteiger partial charge >= 0.3 is 12.0 Å². The average Bonchev–Trinajstić information content (AvgIpc) is 2.84. The van der Waals surface area contributed by atoms with Crippen LogP contribution < -0.4 is 5.32 Å². The highest BCUT2D eigenvalue weighted by molar-refractivity contribution is 6.04. The van der Waals surface area contributed by atoms with Crippen LogP contribution in [0.2, 0.25) is 0 Å². The standard InChI is InChI=1S/C25H23N3O4/c1-32-23(29)14-13-19-9-11-20(12-10-19)17-28(18-21-6-5-15-26-16-21)25(31)27-24(30)22-7-3-2-4-8-22/h2-16H,17-18H2,1H3,(H,27,30,31)/b14-13+. The number of pyridine rings is 1. The van der Waals surface area contributed by atoms with Gasteiger partial charge in [-0.3, -0.25) is 15.1 Å². The van der Waals surface area contributed by atoms with E-state index < -0.39 is 17.9 Å². The minimum absolute atomic E-state index is 0.282. The highest BCUT2D eigenvalue weighted by atomic mass is 16.5. The number of carbonyl (C=O) groups is 3. The number of rotatable bonds is 7. The number of esters is 1. The zero-order chi connectivity index (χ0) is 22.8. The smallest absolute Gasteiger partial charge is 0.330 e. The van der Waals surface area contributed by atoms with Crippen LogP contribution in [0.4, 0.5) is 4.79 Å². The van der Waals surface area contributed by atoms with Crippen LogP contribution in [0, 0.1) is 0 Å². The van der Waals surface area contributed by atoms with E-state index in [0.29, 0.717) is 5.56 Å². The molecule has 0 unspecified atom stereocenters. The second-order valence-electron chi connectivity index (χ2n) is 6.94. The molecule has 1 aromatic heterocycles. The normalized spacial score (nSPS) is 10.5. The number of nitrogens with one attached hydrogen (secondary N) is 1. The Morgan fingerprint density at radius 1 is 0.938 bits per heavy atom. The predicted octanol–water partition coefficient (Wildman–Crippen LogP) is 3.82. The third-order valence-corrected chi connectivity index (χ3v) is 4.61. The van der Waals surface area contributed by atoms with Crippen molar-refractivity contribution in [1.82, 2.24) is 15.2 Å². The number of nitrogens with zero attached hydrogens (tertiary/aromatic N) is 2. The number of hydrogen-bond acceptors (Lipinski definition) is 5. The van der Waals surface area contributed by atoms with Crippen molar-refractivity contribution in [2.45, 2.75) is 13.1 Å². The SMILES string of the molecule is COC(=O)/C=C/c1ccc(CN(Cc2cccnc2)C(=O)NC(=O)c2ccccc2)cc1. The van der Waals surface area contributed by atoms with E-state index in [0.717, 1.165) is 16.7 Å². The lowest BCUT2D eigenvalue weighted by molar-refractivity contribution is -0.134. The minimum Gasteiger partial charge on any atom is -0.466 e. The molecule has 0 aliphatic rings. The molecular weight excluding hydrogens is 406 g/mol. The Morgan fingerprint density at radius 3 is 2.31 bits per heavy atom. The fourth-order valence-electron chi connectivity index (χ4n) is 2.94. The van der Waals surface area contributed by atoms with Gasteiger partial charge in [-0.25, -0.2) is 9.59 Å². The minimum atomic E-state index is -0.502. The van der Waals surface area contributed by atoms with Gasteiger partial charge in [-0.1, -0.05) is 48.5 Å². The molecule has 0 radical (unpaired) electrons. The molecule has 0 spiro atoms. The van der Waals surface area contributed by atoms with Gasteiger partial charge in [0.25, 0.3) is 5.91 Å². The van der Waals surface area contributed by atoms with Crippen LogP contribution in [0.1, 0.15) is 27.0 Å². The van der Waals surface area contributed by atoms with E-state index in [2.05, 4.69) is 15.0 Å². The topological polar surface area (TPSA) is 88.6 Å². The molecule has 3 rings (SSSR count). The molecule has 0 bridgehead atoms. The zero-order valence-corrected chi connectivity index (χ0v) is 17.6. The number of carbonyl (C=O) groups excluding carboxylic acids is 3. The van der Waals surface area contributed by atoms with Crippen molar-refractivity contribution in [3.05, 3.63) is 107 Å². The first-order chi connectivity index (χ1) is 15.5. The maximum atomic E-state index is 12.9. The van der Waals surface area contributed by atoms with Crippen LogP contribution in [0.5, 0.6) is 0 Å². The Morgan fingerprint density at radius 2 is 1.66 bits per heavy atom. The summed E-state index contributed by atoms with van der Waals surface area (Å²) in [6.07, 6.45) is 6.33. The van der Waals surface area contributed by atoms with Crippen molar-refractivity contribution < 1.29 is 19.1 Å². The van der Waals surface area contributed by atoms with Crippen molar-refractivity contribution in [3.63, 3.8) is 0 Å². The van der Waals surface area contributed by atoms with Gasteiger partial charge in [0.05, 0.1) is 7.11 Å². The predicted molar refractivity (Wildman–Crippen MR) is 120 cm³/mol. The fourth-order valence-corrected chi connectivity index (χ4v) is 2.94. The number of urea groups is 1. The summed E-state index contributed by atoms with van der Waals surface area (Å²) in [6.45, 7) is 0.565. The molecule has 1 N–H and O–H groups in total. The van der Waals surface area contributed by atoms with Gasteiger partial charge in [-0.05, 0) is 41.0 Å². The number of ether oxygens (including phenoxy) is 1. The van der Waals surface area contributed by atoms with Crippen LogP contribution in [0.25, 0.3) is 6.08 Å². The van der Waals surface area contributed by atoms with E-state index in [-0.39, 0.29) is 13.1 Å². The second-order valence-corrected chi connectivity index (χ2v) is 6.94. The maximum absolute atomic E-state index is 12.9. The molecule has 0 aliphatic heterocycles. The third kappa shape index (κ3) is 6.63. The Kier molecular flexibility index (Phi) is 7.86. The highest BCUT2D eigenvalue weighted by Crippen LogP contribution is 2.13. The number of aromatic nitrogens is 1. The second kappa shape index (κ2) is 11.2. The molecular formula is C25H23N3O4. The summed E-state index contributed by atoms with van der Waals surface area (Å²) in [6, 6.07) is 19.1. The summed E-state index contributed by atoms with van der Waals surface area (Å²) in [5.74, 6) is -0.897. The first-order valence-corrected chi connectivity index (χ1v) is 9.94. The van der Waals surface area contributed by atoms with Gasteiger partial charge in [-0.15, -0.1) is 0 Å². The van der Waals surface area contributed by atoms with Gasteiger partial charge in [0, 0.05) is 37.1 Å². The summed E-state index contributed by atoms with van der Waals surface area (Å²) in [5.41, 5.74) is 2.93. The molecule has 0 aliphatic carbocycles. The molecule has 3 amide bonds. The lowest BCUT2D eigenvalue weighted by atomic mass is 10.1. The molecule has 7 nitrogen and oxygen atoms in total. The third-order valence-electron chi connectivity index (χ3n) is 4.61. The van der Waals surface area contributed by atoms with Crippen molar-refractivity contribution in [2.24, 2.45) is 0 Å². The van der Waals surface area contributed by atoms with E-state index in [9.17, 15) is 14.4 Å². The average molecular weight is 429 g/mol. The Bertz CT molecular complexity index is 1080. The Balaban J connectivity index is 1.74. The maximum Gasteiger partial charge on any atom is 0.330 e. The number of imide groups is 1. The van der Waals surface area contributed by atoms with E-state index in [1.165, 1.54) is 18.1 Å². The van der Waals surface area contributed by atoms with Gasteiger partial charge < -0.3 is 9.64 Å². The quantitative estimate of drug-likeness (QED) is 0.456. The van der Waals surface area contributed by atoms with E-state index in [1.807, 2.05) is 30.3 Å². The summed E-state index contributed by atoms with van der Waals surface area (Å²) in [7, 11) is 1.32. The number of methoxy groups -OCH3 is 1. The van der Waals surface area contributed by atoms with Crippen LogP contribution in [0.3, 0.4) is 0 Å². The Labute approximate surface area is 186 Å². The summed E-state index contributed by atoms with van der Waals surface area (Å²) >= 11 is 0. The van der Waals surface area contributed by atoms with Crippen LogP contribution in [0.15, 0.2) is 85.2 Å². The molecule has 1 heterocycles. The molecule has 0 saturated carbocycles. The molecule has 7 heteroatoms. The van der Waals surface area contributed by atoms with Crippen molar-refractivity contribution in [2.75, 3.05) is 7.11 Å². The molecule has 162 valence electrons. The molecule has 0 saturated heterocycles. The van der Waals surface area contributed by atoms with Gasteiger partial charge in [0.1, 0.15) is 0 Å². The molecule has 0 fully saturated rings. The molecule has 2 aromatic carbocycles. The lowest BCUT2D eigenvalue weighted by Crippen LogP contribution is -2.42. The number of amides is 3. The van der Waals surface area contributed by atoms with Crippen LogP contribution in [-0.2, 0) is 22.6 Å². The van der Waals surface area contributed by atoms with Gasteiger partial charge in [0.2, 0.25) is 0 Å². The first kappa shape index (κ1) is 22.4. The lowest BCUT2D eigenvalue weighted by Gasteiger charge is -2.23. The molecule has 3 aromatic rings. The van der Waals surface area contributed by atoms with E-state index in [4.69, 9.17) is 0 Å². The Hall–Kier alpha value is -4.26. The largest absolute Gasteiger partial charge is 0.466 e. The monoisotopic (exact) mass is 429 g/mol. The zero-order valence-electron chi connectivity index (χ0n) is 17.6. The number of hydrogen-bond donors (Lipinski definition) is 1. The van der Waals surface area contributed by atoms with E-state index >= 15 is 0 Å². The van der Waals surface area contributed by atoms with E-state index in [1.54, 1.807) is 54.9 Å². The van der Waals surface area contributed by atoms with Crippen molar-refractivity contribution >= 4 is 24.0 Å². The van der Waals surface area contributed by atoms with Crippen molar-refractivity contribution in [3.8, 4) is 0 Å². The molecule has 0 atom stereocenters. The highest BCUT2D eigenvalue weighted by Gasteiger charge is 2.18. The van der Waals surface area contributed by atoms with Gasteiger partial charge in [0.15, 0.2) is 0 Å². The summed E-state index contributed by atoms with van der Waals surface area (Å²) in [5, 5.41) is 2.45. The van der Waals surface area contributed by atoms with Crippen LogP contribution in [-0.4, -0.2) is 34.9 Å². The summed E-state index contributed by atoms with van der Waals surface area (Å²) in [4.78, 5) is 42.2. The van der Waals surface area contributed by atoms with Crippen LogP contribution >= 0.6 is 0 Å². The number of benzene rings is 2. The fraction of sp³-hybridized carbons (Fsp3) is 0.120. The van der Waals surface area contributed by atoms with Gasteiger partial charge in [-0.2, -0.15) is 0 Å². The first-order valence-electron chi connectivity index (χ1n) is 9.94. The molecule has 32 heavy (non-hydrogen) atoms. The van der Waals surface area contributed by atoms with Crippen molar-refractivity contribution in [1.29, 1.82) is 0 Å². The summed E-state index contributed by atoms with van der Waals surface area (Å²) < 4.78 is 4.59.